The standard InChI is InChI=1S/C35H31N3O4S/c1-5-42-34(40)30-31(24-12-7-6-8-13-24)36-35-38(32(30)29-26-14-10-9-11-23(26)17-20-27(29)41-4)33(39)28(43-35)21-22-15-18-25(19-16-22)37(2)3/h6-21,32H,5H2,1-4H3. The van der Waals surface area contributed by atoms with Crippen LogP contribution in [-0.2, 0) is 9.53 Å². The van der Waals surface area contributed by atoms with Gasteiger partial charge in [0, 0.05) is 30.9 Å². The number of anilines is 1. The van der Waals surface area contributed by atoms with Gasteiger partial charge in [-0.3, -0.25) is 9.36 Å². The third-order valence-electron chi connectivity index (χ3n) is 7.50. The molecule has 0 bridgehead atoms. The van der Waals surface area contributed by atoms with Crippen LogP contribution in [0, 0.1) is 0 Å². The highest BCUT2D eigenvalue weighted by molar-refractivity contribution is 7.07. The van der Waals surface area contributed by atoms with Crippen LogP contribution in [0.5, 0.6) is 5.75 Å². The van der Waals surface area contributed by atoms with Crippen molar-refractivity contribution < 1.29 is 14.3 Å². The van der Waals surface area contributed by atoms with Crippen LogP contribution < -0.4 is 24.5 Å². The van der Waals surface area contributed by atoms with Crippen LogP contribution in [0.2, 0.25) is 0 Å². The molecule has 8 heteroatoms. The van der Waals surface area contributed by atoms with Gasteiger partial charge in [0.25, 0.3) is 5.56 Å². The molecule has 0 spiro atoms. The van der Waals surface area contributed by atoms with Crippen molar-refractivity contribution in [3.63, 3.8) is 0 Å². The summed E-state index contributed by atoms with van der Waals surface area (Å²) in [6.45, 7) is 1.95. The molecule has 1 aliphatic heterocycles. The number of nitrogens with zero attached hydrogens (tertiary/aromatic N) is 3. The molecule has 1 unspecified atom stereocenters. The van der Waals surface area contributed by atoms with Gasteiger partial charge in [-0.2, -0.15) is 0 Å². The monoisotopic (exact) mass is 589 g/mol. The predicted octanol–water partition coefficient (Wildman–Crippen LogP) is 5.16. The summed E-state index contributed by atoms with van der Waals surface area (Å²) in [6.07, 6.45) is 1.87. The smallest absolute Gasteiger partial charge is 0.338 e. The number of rotatable bonds is 7. The zero-order valence-electron chi connectivity index (χ0n) is 24.4. The number of esters is 1. The van der Waals surface area contributed by atoms with Gasteiger partial charge in [0.15, 0.2) is 4.80 Å². The Morgan fingerprint density at radius 1 is 0.977 bits per heavy atom. The normalized spacial score (nSPS) is 14.8. The molecule has 0 radical (unpaired) electrons. The summed E-state index contributed by atoms with van der Waals surface area (Å²) in [5.41, 5.74) is 3.94. The number of hydrogen-bond acceptors (Lipinski definition) is 7. The van der Waals surface area contributed by atoms with Gasteiger partial charge in [0.1, 0.15) is 11.8 Å². The topological polar surface area (TPSA) is 73.1 Å². The van der Waals surface area contributed by atoms with Crippen LogP contribution >= 0.6 is 11.3 Å². The molecule has 2 heterocycles. The Balaban J connectivity index is 1.70. The second-order valence-electron chi connectivity index (χ2n) is 10.3. The predicted molar refractivity (Wildman–Crippen MR) is 172 cm³/mol. The van der Waals surface area contributed by atoms with E-state index in [1.807, 2.05) is 116 Å². The van der Waals surface area contributed by atoms with Gasteiger partial charge in [0.2, 0.25) is 0 Å². The zero-order chi connectivity index (χ0) is 30.1. The van der Waals surface area contributed by atoms with Crippen molar-refractivity contribution in [2.75, 3.05) is 32.7 Å². The van der Waals surface area contributed by atoms with Gasteiger partial charge in [-0.15, -0.1) is 0 Å². The Bertz CT molecular complexity index is 2040. The maximum atomic E-state index is 14.3. The van der Waals surface area contributed by atoms with E-state index in [1.54, 1.807) is 18.6 Å². The molecule has 7 nitrogen and oxygen atoms in total. The number of aromatic nitrogens is 1. The number of thiazole rings is 1. The molecule has 216 valence electrons. The second-order valence-corrected chi connectivity index (χ2v) is 11.3. The molecule has 43 heavy (non-hydrogen) atoms. The van der Waals surface area contributed by atoms with E-state index in [0.29, 0.717) is 26.3 Å². The first-order chi connectivity index (χ1) is 20.9. The quantitative estimate of drug-likeness (QED) is 0.245. The summed E-state index contributed by atoms with van der Waals surface area (Å²) < 4.78 is 13.7. The zero-order valence-corrected chi connectivity index (χ0v) is 25.2. The largest absolute Gasteiger partial charge is 0.496 e. The van der Waals surface area contributed by atoms with Crippen LogP contribution in [0.25, 0.3) is 22.5 Å². The van der Waals surface area contributed by atoms with Crippen molar-refractivity contribution in [2.45, 2.75) is 13.0 Å². The Labute approximate surface area is 253 Å². The minimum atomic E-state index is -0.843. The highest BCUT2D eigenvalue weighted by Crippen LogP contribution is 2.42. The maximum absolute atomic E-state index is 14.3. The lowest BCUT2D eigenvalue weighted by molar-refractivity contribution is -0.138. The number of fused-ring (bicyclic) bond motifs is 2. The number of ether oxygens (including phenoxy) is 2. The van der Waals surface area contributed by atoms with Crippen molar-refractivity contribution in [3.8, 4) is 5.75 Å². The lowest BCUT2D eigenvalue weighted by Gasteiger charge is -2.28. The summed E-state index contributed by atoms with van der Waals surface area (Å²) in [5, 5.41) is 1.83. The Morgan fingerprint density at radius 3 is 2.40 bits per heavy atom. The van der Waals surface area contributed by atoms with E-state index >= 15 is 0 Å². The Hall–Kier alpha value is -4.95. The van der Waals surface area contributed by atoms with Crippen molar-refractivity contribution in [1.82, 2.24) is 4.57 Å². The first-order valence-corrected chi connectivity index (χ1v) is 14.8. The average molecular weight is 590 g/mol. The molecule has 0 amide bonds. The van der Waals surface area contributed by atoms with Gasteiger partial charge >= 0.3 is 5.97 Å². The molecule has 1 aromatic heterocycles. The number of hydrogen-bond donors (Lipinski definition) is 0. The summed E-state index contributed by atoms with van der Waals surface area (Å²) >= 11 is 1.30. The van der Waals surface area contributed by atoms with Crippen molar-refractivity contribution in [2.24, 2.45) is 4.99 Å². The first kappa shape index (κ1) is 28.2. The minimum Gasteiger partial charge on any atom is -0.496 e. The third-order valence-corrected chi connectivity index (χ3v) is 8.49. The van der Waals surface area contributed by atoms with Gasteiger partial charge in [-0.1, -0.05) is 84.1 Å². The second kappa shape index (κ2) is 11.7. The molecule has 0 aliphatic carbocycles. The molecule has 0 N–H and O–H groups in total. The van der Waals surface area contributed by atoms with E-state index in [2.05, 4.69) is 0 Å². The molecular formula is C35H31N3O4S. The highest BCUT2D eigenvalue weighted by atomic mass is 32.1. The van der Waals surface area contributed by atoms with Crippen LogP contribution in [0.4, 0.5) is 5.69 Å². The van der Waals surface area contributed by atoms with E-state index < -0.39 is 12.0 Å². The van der Waals surface area contributed by atoms with Gasteiger partial charge in [0.05, 0.1) is 29.5 Å². The minimum absolute atomic E-state index is 0.178. The lowest BCUT2D eigenvalue weighted by atomic mass is 9.89. The van der Waals surface area contributed by atoms with Gasteiger partial charge < -0.3 is 14.4 Å². The summed E-state index contributed by atoms with van der Waals surface area (Å²) in [5.74, 6) is 0.0345. The van der Waals surface area contributed by atoms with Gasteiger partial charge in [-0.05, 0) is 47.5 Å². The molecule has 0 fully saturated rings. The fourth-order valence-electron chi connectivity index (χ4n) is 5.47. The van der Waals surface area contributed by atoms with Crippen molar-refractivity contribution >= 4 is 45.5 Å². The fraction of sp³-hybridized carbons (Fsp3) is 0.171. The summed E-state index contributed by atoms with van der Waals surface area (Å²) in [4.78, 5) is 35.7. The Morgan fingerprint density at radius 2 is 1.70 bits per heavy atom. The highest BCUT2D eigenvalue weighted by Gasteiger charge is 2.37. The third kappa shape index (κ3) is 5.15. The SMILES string of the molecule is CCOC(=O)C1=C(c2ccccc2)N=c2sc(=Cc3ccc(N(C)C)cc3)c(=O)n2C1c1c(OC)ccc2ccccc12. The maximum Gasteiger partial charge on any atom is 0.338 e. The number of carbonyl (C=O) groups is 1. The fourth-order valence-corrected chi connectivity index (χ4v) is 6.47. The molecule has 5 aromatic rings. The van der Waals surface area contributed by atoms with E-state index in [4.69, 9.17) is 14.5 Å². The lowest BCUT2D eigenvalue weighted by Crippen LogP contribution is -2.40. The van der Waals surface area contributed by atoms with Crippen molar-refractivity contribution in [1.29, 1.82) is 0 Å². The van der Waals surface area contributed by atoms with Gasteiger partial charge in [-0.25, -0.2) is 9.79 Å². The molecule has 1 atom stereocenters. The summed E-state index contributed by atoms with van der Waals surface area (Å²) in [6, 6.07) is 28.5. The van der Waals surface area contributed by atoms with Crippen LogP contribution in [0.1, 0.15) is 29.7 Å². The molecule has 0 saturated carbocycles. The molecular weight excluding hydrogens is 558 g/mol. The van der Waals surface area contributed by atoms with E-state index in [-0.39, 0.29) is 17.7 Å². The van der Waals surface area contributed by atoms with Crippen LogP contribution in [-0.4, -0.2) is 38.3 Å². The van der Waals surface area contributed by atoms with E-state index in [0.717, 1.165) is 27.6 Å². The molecule has 4 aromatic carbocycles. The van der Waals surface area contributed by atoms with E-state index in [9.17, 15) is 9.59 Å². The van der Waals surface area contributed by atoms with E-state index in [1.165, 1.54) is 11.3 Å². The van der Waals surface area contributed by atoms with Crippen LogP contribution in [0.15, 0.2) is 106 Å². The number of benzene rings is 4. The number of methoxy groups -OCH3 is 1. The molecule has 6 rings (SSSR count). The molecule has 0 saturated heterocycles. The number of carbonyl (C=O) groups excluding carboxylic acids is 1. The molecule has 1 aliphatic rings. The Kier molecular flexibility index (Phi) is 7.69. The first-order valence-electron chi connectivity index (χ1n) is 14.0. The van der Waals surface area contributed by atoms with Crippen molar-refractivity contribution in [3.05, 3.63) is 133 Å². The summed E-state index contributed by atoms with van der Waals surface area (Å²) in [7, 11) is 5.57. The average Bonchev–Trinajstić information content (AvgIpc) is 3.34. The van der Waals surface area contributed by atoms with Crippen LogP contribution in [0.3, 0.4) is 0 Å².